The van der Waals surface area contributed by atoms with E-state index in [9.17, 15) is 18.0 Å². The van der Waals surface area contributed by atoms with Crippen LogP contribution >= 0.6 is 0 Å². The van der Waals surface area contributed by atoms with Crippen molar-refractivity contribution in [1.82, 2.24) is 15.0 Å². The number of ether oxygens (including phenoxy) is 1. The highest BCUT2D eigenvalue weighted by Crippen LogP contribution is 2.13. The third-order valence-corrected chi connectivity index (χ3v) is 3.03. The van der Waals surface area contributed by atoms with E-state index in [0.29, 0.717) is 25.6 Å². The van der Waals surface area contributed by atoms with Crippen molar-refractivity contribution in [2.75, 3.05) is 25.2 Å². The van der Waals surface area contributed by atoms with Gasteiger partial charge in [-0.05, 0) is 18.2 Å². The average molecular weight is 402 g/mol. The molecular formula is C16H17F3N4O5. The maximum Gasteiger partial charge on any atom is 0.490 e. The van der Waals surface area contributed by atoms with Crippen LogP contribution in [0.3, 0.4) is 0 Å². The highest BCUT2D eigenvalue weighted by molar-refractivity contribution is 5.85. The SMILES string of the molecule is COCCN(Cc1ccccn1)c1nccc(C(=O)O)n1.O=C(O)C(F)(F)F. The number of aromatic nitrogens is 3. The van der Waals surface area contributed by atoms with Gasteiger partial charge in [0.15, 0.2) is 5.69 Å². The molecule has 0 atom stereocenters. The van der Waals surface area contributed by atoms with Crippen LogP contribution in [0, 0.1) is 0 Å². The first-order chi connectivity index (χ1) is 13.1. The lowest BCUT2D eigenvalue weighted by atomic mass is 10.3. The van der Waals surface area contributed by atoms with E-state index in [-0.39, 0.29) is 5.69 Å². The zero-order valence-electron chi connectivity index (χ0n) is 14.6. The lowest BCUT2D eigenvalue weighted by molar-refractivity contribution is -0.192. The van der Waals surface area contributed by atoms with Crippen LogP contribution in [-0.2, 0) is 16.1 Å². The number of halogens is 3. The van der Waals surface area contributed by atoms with Crippen LogP contribution in [0.2, 0.25) is 0 Å². The molecule has 0 saturated heterocycles. The third-order valence-electron chi connectivity index (χ3n) is 3.03. The number of carbonyl (C=O) groups is 2. The van der Waals surface area contributed by atoms with Gasteiger partial charge in [0, 0.05) is 26.0 Å². The lowest BCUT2D eigenvalue weighted by Gasteiger charge is -2.21. The highest BCUT2D eigenvalue weighted by atomic mass is 19.4. The Kier molecular flexibility index (Phi) is 8.75. The van der Waals surface area contributed by atoms with Crippen molar-refractivity contribution in [3.63, 3.8) is 0 Å². The Morgan fingerprint density at radius 1 is 1.14 bits per heavy atom. The van der Waals surface area contributed by atoms with Gasteiger partial charge in [0.05, 0.1) is 18.8 Å². The molecular weight excluding hydrogens is 385 g/mol. The number of methoxy groups -OCH3 is 1. The topological polar surface area (TPSA) is 126 Å². The van der Waals surface area contributed by atoms with Gasteiger partial charge in [-0.25, -0.2) is 19.6 Å². The summed E-state index contributed by atoms with van der Waals surface area (Å²) in [7, 11) is 1.60. The largest absolute Gasteiger partial charge is 0.490 e. The molecule has 0 amide bonds. The molecule has 2 aromatic rings. The van der Waals surface area contributed by atoms with Crippen LogP contribution in [0.1, 0.15) is 16.2 Å². The third kappa shape index (κ3) is 7.95. The first-order valence-electron chi connectivity index (χ1n) is 7.65. The summed E-state index contributed by atoms with van der Waals surface area (Å²) in [5.74, 6) is -3.49. The van der Waals surface area contributed by atoms with Gasteiger partial charge in [0.25, 0.3) is 0 Å². The molecule has 0 aromatic carbocycles. The number of alkyl halides is 3. The van der Waals surface area contributed by atoms with Crippen molar-refractivity contribution in [2.24, 2.45) is 0 Å². The fourth-order valence-electron chi connectivity index (χ4n) is 1.76. The van der Waals surface area contributed by atoms with E-state index >= 15 is 0 Å². The van der Waals surface area contributed by atoms with E-state index in [1.807, 2.05) is 23.1 Å². The van der Waals surface area contributed by atoms with E-state index in [1.165, 1.54) is 12.3 Å². The summed E-state index contributed by atoms with van der Waals surface area (Å²) < 4.78 is 36.8. The summed E-state index contributed by atoms with van der Waals surface area (Å²) in [4.78, 5) is 34.2. The molecule has 0 radical (unpaired) electrons. The molecule has 0 bridgehead atoms. The summed E-state index contributed by atoms with van der Waals surface area (Å²) in [6.45, 7) is 1.50. The molecule has 0 fully saturated rings. The molecule has 0 unspecified atom stereocenters. The van der Waals surface area contributed by atoms with Crippen LogP contribution in [-0.4, -0.2) is 63.5 Å². The van der Waals surface area contributed by atoms with Gasteiger partial charge >= 0.3 is 18.1 Å². The van der Waals surface area contributed by atoms with Gasteiger partial charge in [0.1, 0.15) is 0 Å². The van der Waals surface area contributed by atoms with Crippen molar-refractivity contribution in [1.29, 1.82) is 0 Å². The molecule has 0 aliphatic heterocycles. The number of aliphatic carboxylic acids is 1. The predicted molar refractivity (Wildman–Crippen MR) is 89.8 cm³/mol. The number of pyridine rings is 1. The standard InChI is InChI=1S/C14H16N4O3.C2HF3O2/c1-21-9-8-18(10-11-4-2-3-6-15-11)14-16-7-5-12(17-14)13(19)20;3-2(4,5)1(6)7/h2-7H,8-10H2,1H3,(H,19,20);(H,6,7). The molecule has 2 rings (SSSR count). The molecule has 9 nitrogen and oxygen atoms in total. The van der Waals surface area contributed by atoms with E-state index in [0.717, 1.165) is 5.69 Å². The summed E-state index contributed by atoms with van der Waals surface area (Å²) >= 11 is 0. The smallest absolute Gasteiger partial charge is 0.477 e. The Balaban J connectivity index is 0.000000480. The summed E-state index contributed by atoms with van der Waals surface area (Å²) in [6.07, 6.45) is -1.94. The quantitative estimate of drug-likeness (QED) is 0.713. The van der Waals surface area contributed by atoms with Gasteiger partial charge in [0.2, 0.25) is 5.95 Å². The van der Waals surface area contributed by atoms with Gasteiger partial charge in [-0.1, -0.05) is 6.07 Å². The maximum absolute atomic E-state index is 11.0. The number of carboxylic acid groups (broad SMARTS) is 2. The Hall–Kier alpha value is -3.28. The van der Waals surface area contributed by atoms with Crippen molar-refractivity contribution in [2.45, 2.75) is 12.7 Å². The van der Waals surface area contributed by atoms with Crippen LogP contribution in [0.5, 0.6) is 0 Å². The molecule has 2 heterocycles. The minimum Gasteiger partial charge on any atom is -0.477 e. The molecule has 28 heavy (non-hydrogen) atoms. The monoisotopic (exact) mass is 402 g/mol. The molecule has 152 valence electrons. The first-order valence-corrected chi connectivity index (χ1v) is 7.65. The Bertz CT molecular complexity index is 774. The first kappa shape index (κ1) is 22.8. The molecule has 0 spiro atoms. The van der Waals surface area contributed by atoms with Crippen LogP contribution in [0.25, 0.3) is 0 Å². The lowest BCUT2D eigenvalue weighted by Crippen LogP contribution is -2.29. The maximum atomic E-state index is 11.0. The zero-order chi connectivity index (χ0) is 21.2. The van der Waals surface area contributed by atoms with E-state index in [1.54, 1.807) is 13.3 Å². The van der Waals surface area contributed by atoms with Crippen molar-refractivity contribution in [3.8, 4) is 0 Å². The number of hydrogen-bond acceptors (Lipinski definition) is 7. The molecule has 0 saturated carbocycles. The summed E-state index contributed by atoms with van der Waals surface area (Å²) in [6, 6.07) is 6.98. The van der Waals surface area contributed by atoms with Crippen LogP contribution in [0.15, 0.2) is 36.7 Å². The van der Waals surface area contributed by atoms with E-state index in [2.05, 4.69) is 15.0 Å². The molecule has 0 aliphatic carbocycles. The zero-order valence-corrected chi connectivity index (χ0v) is 14.6. The van der Waals surface area contributed by atoms with Crippen LogP contribution in [0.4, 0.5) is 19.1 Å². The minimum absolute atomic E-state index is 0.0385. The van der Waals surface area contributed by atoms with Gasteiger partial charge < -0.3 is 19.8 Å². The van der Waals surface area contributed by atoms with E-state index in [4.69, 9.17) is 19.7 Å². The number of aromatic carboxylic acids is 1. The Labute approximate surface area is 157 Å². The molecule has 2 aromatic heterocycles. The van der Waals surface area contributed by atoms with Gasteiger partial charge in [-0.2, -0.15) is 13.2 Å². The summed E-state index contributed by atoms with van der Waals surface area (Å²) in [5.41, 5.74) is 0.807. The van der Waals surface area contributed by atoms with Gasteiger partial charge in [-0.15, -0.1) is 0 Å². The number of anilines is 1. The fraction of sp³-hybridized carbons (Fsp3) is 0.312. The van der Waals surface area contributed by atoms with Crippen LogP contribution < -0.4 is 4.90 Å². The number of rotatable bonds is 7. The number of hydrogen-bond donors (Lipinski definition) is 2. The van der Waals surface area contributed by atoms with Gasteiger partial charge in [-0.3, -0.25) is 4.98 Å². The fourth-order valence-corrected chi connectivity index (χ4v) is 1.76. The predicted octanol–water partition coefficient (Wildman–Crippen LogP) is 1.86. The molecule has 0 aliphatic rings. The van der Waals surface area contributed by atoms with Crippen molar-refractivity contribution < 1.29 is 37.7 Å². The number of nitrogens with zero attached hydrogens (tertiary/aromatic N) is 4. The van der Waals surface area contributed by atoms with E-state index < -0.39 is 18.1 Å². The second kappa shape index (κ2) is 10.8. The highest BCUT2D eigenvalue weighted by Gasteiger charge is 2.38. The Morgan fingerprint density at radius 3 is 2.32 bits per heavy atom. The number of carboxylic acids is 2. The normalized spacial score (nSPS) is 10.6. The summed E-state index contributed by atoms with van der Waals surface area (Å²) in [5, 5.41) is 16.1. The second-order valence-electron chi connectivity index (χ2n) is 5.09. The average Bonchev–Trinajstić information content (AvgIpc) is 2.65. The minimum atomic E-state index is -5.08. The Morgan fingerprint density at radius 2 is 1.82 bits per heavy atom. The molecule has 2 N–H and O–H groups in total. The second-order valence-corrected chi connectivity index (χ2v) is 5.09. The molecule has 12 heteroatoms. The van der Waals surface area contributed by atoms with Crippen molar-refractivity contribution in [3.05, 3.63) is 48.0 Å². The van der Waals surface area contributed by atoms with Crippen molar-refractivity contribution >= 4 is 17.9 Å².